The molecular weight excluding hydrogens is 264 g/mol. The molecule has 0 amide bonds. The fourth-order valence-electron chi connectivity index (χ4n) is 1.01. The summed E-state index contributed by atoms with van der Waals surface area (Å²) in [5.74, 6) is 0. The van der Waals surface area contributed by atoms with E-state index in [1.54, 1.807) is 24.3 Å². The van der Waals surface area contributed by atoms with Gasteiger partial charge in [0.2, 0.25) is 4.33 Å². The van der Waals surface area contributed by atoms with Crippen LogP contribution >= 0.6 is 46.4 Å². The highest BCUT2D eigenvalue weighted by Gasteiger charge is 2.23. The first-order chi connectivity index (χ1) is 6.43. The van der Waals surface area contributed by atoms with E-state index in [0.29, 0.717) is 10.0 Å². The lowest BCUT2D eigenvalue weighted by Crippen LogP contribution is -2.12. The monoisotopic (exact) mass is 267 g/mol. The second kappa shape index (κ2) is 4.59. The summed E-state index contributed by atoms with van der Waals surface area (Å²) in [5.41, 5.74) is 0.731. The fourth-order valence-corrected chi connectivity index (χ4v) is 1.89. The highest BCUT2D eigenvalue weighted by Crippen LogP contribution is 2.28. The molecule has 0 heterocycles. The highest BCUT2D eigenvalue weighted by molar-refractivity contribution is 6.50. The molecule has 14 heavy (non-hydrogen) atoms. The predicted molar refractivity (Wildman–Crippen MR) is 60.2 cm³/mol. The number of hydrogen-bond acceptors (Lipinski definition) is 1. The molecule has 0 saturated heterocycles. The molecule has 0 aromatic heterocycles. The molecule has 1 aromatic rings. The van der Waals surface area contributed by atoms with Gasteiger partial charge in [0.15, 0.2) is 0 Å². The zero-order chi connectivity index (χ0) is 10.8. The average Bonchev–Trinajstić information content (AvgIpc) is 2.01. The molecule has 74 valence electrons. The largest absolute Gasteiger partial charge is 0.207 e. The predicted octanol–water partition coefficient (Wildman–Crippen LogP) is 4.23. The Balaban J connectivity index is 2.94. The standard InChI is InChI=1S/C9H5Cl4N/c10-7-1-6(2-8(11)3-7)4-9(12,13)5-14/h1-3H,4H2. The van der Waals surface area contributed by atoms with Crippen molar-refractivity contribution in [3.05, 3.63) is 33.8 Å². The van der Waals surface area contributed by atoms with Gasteiger partial charge in [-0.2, -0.15) is 5.26 Å². The van der Waals surface area contributed by atoms with Crippen molar-refractivity contribution in [1.82, 2.24) is 0 Å². The van der Waals surface area contributed by atoms with Crippen molar-refractivity contribution in [3.63, 3.8) is 0 Å². The number of nitriles is 1. The Bertz CT molecular complexity index is 361. The third-order valence-electron chi connectivity index (χ3n) is 1.51. The first kappa shape index (κ1) is 11.9. The summed E-state index contributed by atoms with van der Waals surface area (Å²) in [7, 11) is 0. The minimum Gasteiger partial charge on any atom is -0.195 e. The Kier molecular flexibility index (Phi) is 3.92. The molecule has 1 nitrogen and oxygen atoms in total. The molecule has 1 rings (SSSR count). The van der Waals surface area contributed by atoms with Crippen molar-refractivity contribution in [2.45, 2.75) is 10.8 Å². The molecular formula is C9H5Cl4N. The van der Waals surface area contributed by atoms with Crippen LogP contribution in [0, 0.1) is 11.3 Å². The fraction of sp³-hybridized carbons (Fsp3) is 0.222. The number of nitrogens with zero attached hydrogens (tertiary/aromatic N) is 1. The van der Waals surface area contributed by atoms with Gasteiger partial charge in [-0.3, -0.25) is 0 Å². The molecule has 0 fully saturated rings. The molecule has 0 aliphatic rings. The average molecular weight is 269 g/mol. The van der Waals surface area contributed by atoms with Gasteiger partial charge in [-0.25, -0.2) is 0 Å². The number of rotatable bonds is 2. The van der Waals surface area contributed by atoms with Crippen LogP contribution in [0.15, 0.2) is 18.2 Å². The Hall–Kier alpha value is -0.130. The van der Waals surface area contributed by atoms with Crippen molar-refractivity contribution in [2.75, 3.05) is 0 Å². The van der Waals surface area contributed by atoms with Gasteiger partial charge in [0.1, 0.15) is 6.07 Å². The van der Waals surface area contributed by atoms with Gasteiger partial charge in [-0.15, -0.1) is 0 Å². The van der Waals surface area contributed by atoms with Crippen LogP contribution in [-0.4, -0.2) is 4.33 Å². The number of alkyl halides is 2. The first-order valence-electron chi connectivity index (χ1n) is 3.67. The summed E-state index contributed by atoms with van der Waals surface area (Å²) >= 11 is 22.9. The number of hydrogen-bond donors (Lipinski definition) is 0. The van der Waals surface area contributed by atoms with Crippen LogP contribution in [0.2, 0.25) is 10.0 Å². The summed E-state index contributed by atoms with van der Waals surface area (Å²) in [4.78, 5) is 0. The van der Waals surface area contributed by atoms with Crippen molar-refractivity contribution in [2.24, 2.45) is 0 Å². The Morgan fingerprint density at radius 2 is 1.64 bits per heavy atom. The molecule has 0 bridgehead atoms. The molecule has 0 aliphatic carbocycles. The lowest BCUT2D eigenvalue weighted by molar-refractivity contribution is 0.946. The van der Waals surface area contributed by atoms with E-state index in [2.05, 4.69) is 0 Å². The molecule has 0 unspecified atom stereocenters. The first-order valence-corrected chi connectivity index (χ1v) is 5.18. The second-order valence-corrected chi connectivity index (χ2v) is 5.13. The zero-order valence-corrected chi connectivity index (χ0v) is 9.92. The molecule has 0 aliphatic heterocycles. The van der Waals surface area contributed by atoms with Crippen LogP contribution < -0.4 is 0 Å². The van der Waals surface area contributed by atoms with Gasteiger partial charge in [-0.05, 0) is 23.8 Å². The van der Waals surface area contributed by atoms with Gasteiger partial charge >= 0.3 is 0 Å². The SMILES string of the molecule is N#CC(Cl)(Cl)Cc1cc(Cl)cc(Cl)c1. The van der Waals surface area contributed by atoms with Crippen LogP contribution in [0.25, 0.3) is 0 Å². The summed E-state index contributed by atoms with van der Waals surface area (Å²) in [6.45, 7) is 0. The smallest absolute Gasteiger partial charge is 0.195 e. The van der Waals surface area contributed by atoms with Crippen LogP contribution in [0.5, 0.6) is 0 Å². The molecule has 0 spiro atoms. The number of halogens is 4. The lowest BCUT2D eigenvalue weighted by Gasteiger charge is -2.10. The summed E-state index contributed by atoms with van der Waals surface area (Å²) < 4.78 is -1.44. The van der Waals surface area contributed by atoms with E-state index >= 15 is 0 Å². The highest BCUT2D eigenvalue weighted by atomic mass is 35.5. The molecule has 5 heteroatoms. The van der Waals surface area contributed by atoms with E-state index < -0.39 is 4.33 Å². The van der Waals surface area contributed by atoms with E-state index in [1.165, 1.54) is 0 Å². The van der Waals surface area contributed by atoms with Crippen LogP contribution in [-0.2, 0) is 6.42 Å². The van der Waals surface area contributed by atoms with Gasteiger partial charge < -0.3 is 0 Å². The molecule has 0 radical (unpaired) electrons. The summed E-state index contributed by atoms with van der Waals surface area (Å²) in [6, 6.07) is 6.72. The molecule has 0 atom stereocenters. The molecule has 0 saturated carbocycles. The van der Waals surface area contributed by atoms with E-state index in [-0.39, 0.29) is 6.42 Å². The quantitative estimate of drug-likeness (QED) is 0.737. The van der Waals surface area contributed by atoms with E-state index in [4.69, 9.17) is 51.7 Å². The maximum atomic E-state index is 8.61. The normalized spacial score (nSPS) is 11.1. The third kappa shape index (κ3) is 3.55. The van der Waals surface area contributed by atoms with E-state index in [1.807, 2.05) is 0 Å². The third-order valence-corrected chi connectivity index (χ3v) is 2.38. The van der Waals surface area contributed by atoms with E-state index in [0.717, 1.165) is 5.56 Å². The van der Waals surface area contributed by atoms with Crippen molar-refractivity contribution < 1.29 is 0 Å². The Morgan fingerprint density at radius 3 is 2.07 bits per heavy atom. The van der Waals surface area contributed by atoms with Crippen molar-refractivity contribution >= 4 is 46.4 Å². The van der Waals surface area contributed by atoms with Gasteiger partial charge in [0, 0.05) is 16.5 Å². The Morgan fingerprint density at radius 1 is 1.14 bits per heavy atom. The second-order valence-electron chi connectivity index (χ2n) is 2.77. The van der Waals surface area contributed by atoms with Gasteiger partial charge in [-0.1, -0.05) is 46.4 Å². The molecule has 1 aromatic carbocycles. The minimum atomic E-state index is -1.44. The lowest BCUT2D eigenvalue weighted by atomic mass is 10.1. The van der Waals surface area contributed by atoms with Gasteiger partial charge in [0.25, 0.3) is 0 Å². The zero-order valence-electron chi connectivity index (χ0n) is 6.90. The van der Waals surface area contributed by atoms with E-state index in [9.17, 15) is 0 Å². The molecule has 0 N–H and O–H groups in total. The van der Waals surface area contributed by atoms with Crippen molar-refractivity contribution in [3.8, 4) is 6.07 Å². The minimum absolute atomic E-state index is 0.187. The summed E-state index contributed by atoms with van der Waals surface area (Å²) in [6.07, 6.45) is 0.187. The topological polar surface area (TPSA) is 23.8 Å². The Labute approximate surface area is 102 Å². The summed E-state index contributed by atoms with van der Waals surface area (Å²) in [5, 5.41) is 9.60. The maximum absolute atomic E-state index is 8.61. The van der Waals surface area contributed by atoms with Crippen molar-refractivity contribution in [1.29, 1.82) is 5.26 Å². The number of benzene rings is 1. The van der Waals surface area contributed by atoms with Crippen LogP contribution in [0.3, 0.4) is 0 Å². The van der Waals surface area contributed by atoms with Crippen LogP contribution in [0.1, 0.15) is 5.56 Å². The van der Waals surface area contributed by atoms with Crippen LogP contribution in [0.4, 0.5) is 0 Å². The maximum Gasteiger partial charge on any atom is 0.207 e. The van der Waals surface area contributed by atoms with Gasteiger partial charge in [0.05, 0.1) is 0 Å².